The number of hydrogen-bond acceptors (Lipinski definition) is 4. The molecule has 2 aromatic rings. The van der Waals surface area contributed by atoms with Crippen molar-refractivity contribution in [1.29, 1.82) is 0 Å². The van der Waals surface area contributed by atoms with E-state index in [0.717, 1.165) is 15.7 Å². The molecule has 6 heteroatoms. The first-order valence-electron chi connectivity index (χ1n) is 6.89. The fraction of sp³-hybridized carbons (Fsp3) is 0.176. The van der Waals surface area contributed by atoms with Gasteiger partial charge in [-0.1, -0.05) is 24.3 Å². The number of amides is 1. The minimum Gasteiger partial charge on any atom is -0.468 e. The number of methoxy groups -OCH3 is 1. The van der Waals surface area contributed by atoms with Crippen LogP contribution in [0.3, 0.4) is 0 Å². The monoisotopic (exact) mass is 393 g/mol. The average Bonchev–Trinajstić information content (AvgIpc) is 2.56. The summed E-state index contributed by atoms with van der Waals surface area (Å²) in [6, 6.07) is 14.8. The van der Waals surface area contributed by atoms with Crippen molar-refractivity contribution in [3.63, 3.8) is 0 Å². The van der Waals surface area contributed by atoms with Gasteiger partial charge < -0.3 is 10.1 Å². The summed E-state index contributed by atoms with van der Waals surface area (Å²) in [5.41, 5.74) is 2.40. The molecule has 23 heavy (non-hydrogen) atoms. The third kappa shape index (κ3) is 5.41. The van der Waals surface area contributed by atoms with Crippen LogP contribution in [0.2, 0.25) is 0 Å². The van der Waals surface area contributed by atoms with Crippen LogP contribution in [0.4, 0.5) is 5.69 Å². The van der Waals surface area contributed by atoms with Crippen molar-refractivity contribution >= 4 is 45.3 Å². The Bertz CT molecular complexity index is 688. The molecule has 0 aromatic heterocycles. The van der Waals surface area contributed by atoms with Crippen LogP contribution < -0.4 is 5.32 Å². The van der Waals surface area contributed by atoms with Gasteiger partial charge in [0.15, 0.2) is 0 Å². The zero-order valence-electron chi connectivity index (χ0n) is 12.5. The van der Waals surface area contributed by atoms with Gasteiger partial charge in [0.1, 0.15) is 0 Å². The molecule has 0 atom stereocenters. The number of esters is 1. The molecule has 1 N–H and O–H groups in total. The standard InChI is InChI=1S/C17H16BrNO3S/c1-22-16(20)11-23-10-12-6-8-13(9-7-12)19-17(21)14-4-2-3-5-15(14)18/h2-9H,10-11H2,1H3,(H,19,21). The van der Waals surface area contributed by atoms with Crippen molar-refractivity contribution in [1.82, 2.24) is 0 Å². The molecular formula is C17H16BrNO3S. The van der Waals surface area contributed by atoms with Crippen LogP contribution in [0.15, 0.2) is 53.0 Å². The van der Waals surface area contributed by atoms with Crippen LogP contribution in [0, 0.1) is 0 Å². The number of benzene rings is 2. The van der Waals surface area contributed by atoms with Crippen molar-refractivity contribution in [2.45, 2.75) is 5.75 Å². The Balaban J connectivity index is 1.91. The van der Waals surface area contributed by atoms with E-state index in [-0.39, 0.29) is 11.9 Å². The van der Waals surface area contributed by atoms with E-state index < -0.39 is 0 Å². The summed E-state index contributed by atoms with van der Waals surface area (Å²) >= 11 is 4.86. The van der Waals surface area contributed by atoms with Gasteiger partial charge in [0.2, 0.25) is 0 Å². The Morgan fingerprint density at radius 3 is 2.48 bits per heavy atom. The number of thioether (sulfide) groups is 1. The SMILES string of the molecule is COC(=O)CSCc1ccc(NC(=O)c2ccccc2Br)cc1. The first-order chi connectivity index (χ1) is 11.1. The second-order valence-electron chi connectivity index (χ2n) is 4.70. The predicted octanol–water partition coefficient (Wildman–Crippen LogP) is 4.11. The number of carbonyl (C=O) groups is 2. The summed E-state index contributed by atoms with van der Waals surface area (Å²) in [4.78, 5) is 23.2. The van der Waals surface area contributed by atoms with Crippen molar-refractivity contribution in [2.24, 2.45) is 0 Å². The van der Waals surface area contributed by atoms with Crippen molar-refractivity contribution in [3.05, 3.63) is 64.1 Å². The molecular weight excluding hydrogens is 378 g/mol. The van der Waals surface area contributed by atoms with Gasteiger partial charge in [-0.05, 0) is 45.8 Å². The van der Waals surface area contributed by atoms with Crippen molar-refractivity contribution in [3.8, 4) is 0 Å². The maximum atomic E-state index is 12.2. The molecule has 0 bridgehead atoms. The van der Waals surface area contributed by atoms with E-state index in [1.807, 2.05) is 42.5 Å². The number of nitrogens with one attached hydrogen (secondary N) is 1. The molecule has 0 saturated heterocycles. The Morgan fingerprint density at radius 2 is 1.83 bits per heavy atom. The van der Waals surface area contributed by atoms with Gasteiger partial charge in [-0.25, -0.2) is 0 Å². The Labute approximate surface area is 147 Å². The minimum absolute atomic E-state index is 0.162. The van der Waals surface area contributed by atoms with E-state index in [1.165, 1.54) is 18.9 Å². The highest BCUT2D eigenvalue weighted by Gasteiger charge is 2.09. The van der Waals surface area contributed by atoms with Crippen LogP contribution in [0.25, 0.3) is 0 Å². The summed E-state index contributed by atoms with van der Waals surface area (Å²) in [5, 5.41) is 2.86. The third-order valence-electron chi connectivity index (χ3n) is 3.05. The molecule has 2 aromatic carbocycles. The third-order valence-corrected chi connectivity index (χ3v) is 4.72. The smallest absolute Gasteiger partial charge is 0.315 e. The van der Waals surface area contributed by atoms with Gasteiger partial charge in [-0.2, -0.15) is 0 Å². The number of halogens is 1. The Morgan fingerprint density at radius 1 is 1.13 bits per heavy atom. The summed E-state index contributed by atoms with van der Waals surface area (Å²) < 4.78 is 5.35. The molecule has 120 valence electrons. The first-order valence-corrected chi connectivity index (χ1v) is 8.84. The zero-order chi connectivity index (χ0) is 16.7. The molecule has 1 amide bonds. The highest BCUT2D eigenvalue weighted by Crippen LogP contribution is 2.19. The lowest BCUT2D eigenvalue weighted by Gasteiger charge is -2.08. The lowest BCUT2D eigenvalue weighted by Crippen LogP contribution is -2.12. The van der Waals surface area contributed by atoms with Crippen LogP contribution in [-0.2, 0) is 15.3 Å². The van der Waals surface area contributed by atoms with Gasteiger partial charge in [-0.3, -0.25) is 9.59 Å². The highest BCUT2D eigenvalue weighted by atomic mass is 79.9. The molecule has 0 spiro atoms. The summed E-state index contributed by atoms with van der Waals surface area (Å²) in [6.07, 6.45) is 0. The zero-order valence-corrected chi connectivity index (χ0v) is 14.9. The largest absolute Gasteiger partial charge is 0.468 e. The second kappa shape index (κ2) is 8.74. The van der Waals surface area contributed by atoms with E-state index in [2.05, 4.69) is 26.0 Å². The number of rotatable bonds is 6. The quantitative estimate of drug-likeness (QED) is 0.750. The molecule has 4 nitrogen and oxygen atoms in total. The maximum absolute atomic E-state index is 12.2. The fourth-order valence-corrected chi connectivity index (χ4v) is 3.12. The number of ether oxygens (including phenoxy) is 1. The van der Waals surface area contributed by atoms with Gasteiger partial charge in [-0.15, -0.1) is 11.8 Å². The van der Waals surface area contributed by atoms with E-state index in [4.69, 9.17) is 0 Å². The molecule has 0 radical (unpaired) electrons. The normalized spacial score (nSPS) is 10.2. The van der Waals surface area contributed by atoms with Crippen molar-refractivity contribution in [2.75, 3.05) is 18.2 Å². The molecule has 0 aliphatic heterocycles. The van der Waals surface area contributed by atoms with Gasteiger partial charge in [0, 0.05) is 15.9 Å². The molecule has 0 unspecified atom stereocenters. The molecule has 0 heterocycles. The number of anilines is 1. The van der Waals surface area contributed by atoms with E-state index in [9.17, 15) is 9.59 Å². The van der Waals surface area contributed by atoms with Gasteiger partial charge >= 0.3 is 5.97 Å². The molecule has 0 fully saturated rings. The lowest BCUT2D eigenvalue weighted by molar-refractivity contribution is -0.137. The van der Waals surface area contributed by atoms with Crippen LogP contribution >= 0.6 is 27.7 Å². The number of hydrogen-bond donors (Lipinski definition) is 1. The predicted molar refractivity (Wildman–Crippen MR) is 96.7 cm³/mol. The van der Waals surface area contributed by atoms with Crippen LogP contribution in [0.1, 0.15) is 15.9 Å². The molecule has 0 aliphatic rings. The summed E-state index contributed by atoms with van der Waals surface area (Å²) in [5.74, 6) is 0.655. The van der Waals surface area contributed by atoms with Crippen molar-refractivity contribution < 1.29 is 14.3 Å². The first kappa shape index (κ1) is 17.6. The number of carbonyl (C=O) groups excluding carboxylic acids is 2. The lowest BCUT2D eigenvalue weighted by atomic mass is 10.2. The Kier molecular flexibility index (Phi) is 6.67. The molecule has 0 aliphatic carbocycles. The Hall–Kier alpha value is -1.79. The second-order valence-corrected chi connectivity index (χ2v) is 6.54. The fourth-order valence-electron chi connectivity index (χ4n) is 1.84. The summed E-state index contributed by atoms with van der Waals surface area (Å²) in [7, 11) is 1.38. The van der Waals surface area contributed by atoms with E-state index in [0.29, 0.717) is 17.1 Å². The van der Waals surface area contributed by atoms with Gasteiger partial charge in [0.25, 0.3) is 5.91 Å². The van der Waals surface area contributed by atoms with Crippen LogP contribution in [0.5, 0.6) is 0 Å². The summed E-state index contributed by atoms with van der Waals surface area (Å²) in [6.45, 7) is 0. The molecule has 0 saturated carbocycles. The topological polar surface area (TPSA) is 55.4 Å². The van der Waals surface area contributed by atoms with E-state index in [1.54, 1.807) is 6.07 Å². The average molecular weight is 394 g/mol. The maximum Gasteiger partial charge on any atom is 0.315 e. The molecule has 2 rings (SSSR count). The van der Waals surface area contributed by atoms with Gasteiger partial charge in [0.05, 0.1) is 18.4 Å². The van der Waals surface area contributed by atoms with E-state index >= 15 is 0 Å². The minimum atomic E-state index is -0.229. The van der Waals surface area contributed by atoms with Crippen LogP contribution in [-0.4, -0.2) is 24.7 Å². The highest BCUT2D eigenvalue weighted by molar-refractivity contribution is 9.10.